The maximum Gasteiger partial charge on any atom is 0.115 e. The van der Waals surface area contributed by atoms with Gasteiger partial charge in [-0.2, -0.15) is 0 Å². The third-order valence-corrected chi connectivity index (χ3v) is 3.12. The summed E-state index contributed by atoms with van der Waals surface area (Å²) in [7, 11) is 0. The van der Waals surface area contributed by atoms with E-state index in [1.54, 1.807) is 6.33 Å². The Morgan fingerprint density at radius 1 is 1.14 bits per heavy atom. The Morgan fingerprint density at radius 3 is 2.43 bits per heavy atom. The summed E-state index contributed by atoms with van der Waals surface area (Å²) in [5, 5.41) is 0. The van der Waals surface area contributed by atoms with Gasteiger partial charge in [0.2, 0.25) is 0 Å². The average molecular weight is 191 g/mol. The largest absolute Gasteiger partial charge is 0.324 e. The lowest BCUT2D eigenvalue weighted by molar-refractivity contribution is 0.307. The zero-order valence-electron chi connectivity index (χ0n) is 8.39. The van der Waals surface area contributed by atoms with E-state index in [2.05, 4.69) is 9.97 Å². The van der Waals surface area contributed by atoms with E-state index in [0.717, 1.165) is 5.56 Å². The summed E-state index contributed by atoms with van der Waals surface area (Å²) >= 11 is 0. The van der Waals surface area contributed by atoms with E-state index in [4.69, 9.17) is 5.73 Å². The van der Waals surface area contributed by atoms with E-state index in [1.165, 1.54) is 32.1 Å². The molecule has 1 heterocycles. The van der Waals surface area contributed by atoms with Crippen molar-refractivity contribution in [3.05, 3.63) is 24.3 Å². The first-order chi connectivity index (χ1) is 6.88. The highest BCUT2D eigenvalue weighted by Gasteiger charge is 2.21. The van der Waals surface area contributed by atoms with Crippen molar-refractivity contribution in [2.24, 2.45) is 11.7 Å². The van der Waals surface area contributed by atoms with Gasteiger partial charge in [0.25, 0.3) is 0 Å². The molecule has 0 bridgehead atoms. The minimum atomic E-state index is 0.136. The van der Waals surface area contributed by atoms with Gasteiger partial charge in [-0.1, -0.05) is 19.3 Å². The van der Waals surface area contributed by atoms with E-state index in [1.807, 2.05) is 12.4 Å². The van der Waals surface area contributed by atoms with Crippen molar-refractivity contribution in [2.45, 2.75) is 38.1 Å². The predicted molar refractivity (Wildman–Crippen MR) is 55.5 cm³/mol. The van der Waals surface area contributed by atoms with Crippen LogP contribution in [0.25, 0.3) is 0 Å². The topological polar surface area (TPSA) is 51.8 Å². The van der Waals surface area contributed by atoms with Gasteiger partial charge in [0.1, 0.15) is 6.33 Å². The molecular weight excluding hydrogens is 174 g/mol. The summed E-state index contributed by atoms with van der Waals surface area (Å²) in [6.07, 6.45) is 11.8. The van der Waals surface area contributed by atoms with E-state index in [9.17, 15) is 0 Å². The summed E-state index contributed by atoms with van der Waals surface area (Å²) < 4.78 is 0. The van der Waals surface area contributed by atoms with Gasteiger partial charge in [-0.25, -0.2) is 9.97 Å². The fourth-order valence-electron chi connectivity index (χ4n) is 2.25. The highest BCUT2D eigenvalue weighted by atomic mass is 14.8. The third-order valence-electron chi connectivity index (χ3n) is 3.12. The maximum atomic E-state index is 6.19. The first-order valence-corrected chi connectivity index (χ1v) is 5.38. The molecule has 1 atom stereocenters. The molecule has 0 amide bonds. The minimum absolute atomic E-state index is 0.136. The van der Waals surface area contributed by atoms with Crippen LogP contribution in [0.2, 0.25) is 0 Å². The molecule has 0 saturated heterocycles. The number of nitrogens with two attached hydrogens (primary N) is 1. The Morgan fingerprint density at radius 2 is 1.79 bits per heavy atom. The molecule has 3 heteroatoms. The van der Waals surface area contributed by atoms with Crippen LogP contribution in [0.15, 0.2) is 18.7 Å². The number of hydrogen-bond acceptors (Lipinski definition) is 3. The van der Waals surface area contributed by atoms with Crippen molar-refractivity contribution in [3.8, 4) is 0 Å². The molecule has 0 aliphatic heterocycles. The zero-order valence-corrected chi connectivity index (χ0v) is 8.39. The number of rotatable bonds is 2. The predicted octanol–water partition coefficient (Wildman–Crippen LogP) is 2.06. The molecule has 14 heavy (non-hydrogen) atoms. The summed E-state index contributed by atoms with van der Waals surface area (Å²) in [5.41, 5.74) is 7.27. The fraction of sp³-hybridized carbons (Fsp3) is 0.636. The van der Waals surface area contributed by atoms with Gasteiger partial charge < -0.3 is 5.73 Å². The summed E-state index contributed by atoms with van der Waals surface area (Å²) in [6, 6.07) is 0.136. The Bertz CT molecular complexity index is 267. The van der Waals surface area contributed by atoms with Crippen molar-refractivity contribution < 1.29 is 0 Å². The minimum Gasteiger partial charge on any atom is -0.324 e. The summed E-state index contributed by atoms with van der Waals surface area (Å²) in [6.45, 7) is 0. The molecule has 0 aromatic carbocycles. The second-order valence-electron chi connectivity index (χ2n) is 4.10. The molecule has 2 rings (SSSR count). The van der Waals surface area contributed by atoms with Gasteiger partial charge in [0, 0.05) is 24.0 Å². The molecule has 1 aromatic rings. The van der Waals surface area contributed by atoms with Gasteiger partial charge in [0.15, 0.2) is 0 Å². The van der Waals surface area contributed by atoms with Crippen LogP contribution in [0.3, 0.4) is 0 Å². The van der Waals surface area contributed by atoms with Crippen LogP contribution in [0.1, 0.15) is 43.7 Å². The van der Waals surface area contributed by atoms with E-state index in [0.29, 0.717) is 5.92 Å². The first kappa shape index (κ1) is 9.59. The molecule has 0 spiro atoms. The first-order valence-electron chi connectivity index (χ1n) is 5.38. The van der Waals surface area contributed by atoms with Crippen LogP contribution in [0.4, 0.5) is 0 Å². The maximum absolute atomic E-state index is 6.19. The van der Waals surface area contributed by atoms with Crippen molar-refractivity contribution in [3.63, 3.8) is 0 Å². The van der Waals surface area contributed by atoms with Crippen LogP contribution in [0.5, 0.6) is 0 Å². The molecule has 3 nitrogen and oxygen atoms in total. The van der Waals surface area contributed by atoms with Gasteiger partial charge in [0.05, 0.1) is 0 Å². The van der Waals surface area contributed by atoms with Crippen LogP contribution in [-0.2, 0) is 0 Å². The Labute approximate surface area is 84.8 Å². The van der Waals surface area contributed by atoms with Crippen molar-refractivity contribution in [1.82, 2.24) is 9.97 Å². The van der Waals surface area contributed by atoms with Crippen LogP contribution >= 0.6 is 0 Å². The molecule has 1 fully saturated rings. The van der Waals surface area contributed by atoms with E-state index in [-0.39, 0.29) is 6.04 Å². The third kappa shape index (κ3) is 2.10. The zero-order chi connectivity index (χ0) is 9.80. The standard InChI is InChI=1S/C11H17N3/c12-11(9-4-2-1-3-5-9)10-6-13-8-14-7-10/h6-9,11H,1-5,12H2. The Hall–Kier alpha value is -0.960. The van der Waals surface area contributed by atoms with E-state index >= 15 is 0 Å². The lowest BCUT2D eigenvalue weighted by atomic mass is 9.82. The highest BCUT2D eigenvalue weighted by Crippen LogP contribution is 2.32. The quantitative estimate of drug-likeness (QED) is 0.778. The highest BCUT2D eigenvalue weighted by molar-refractivity contribution is 5.09. The SMILES string of the molecule is NC(c1cncnc1)C1CCCCC1. The molecule has 0 radical (unpaired) electrons. The second-order valence-corrected chi connectivity index (χ2v) is 4.10. The van der Waals surface area contributed by atoms with Crippen molar-refractivity contribution in [1.29, 1.82) is 0 Å². The molecule has 1 aliphatic carbocycles. The smallest absolute Gasteiger partial charge is 0.115 e. The second kappa shape index (κ2) is 4.51. The van der Waals surface area contributed by atoms with Crippen LogP contribution < -0.4 is 5.73 Å². The van der Waals surface area contributed by atoms with Gasteiger partial charge in [-0.3, -0.25) is 0 Å². The van der Waals surface area contributed by atoms with Crippen molar-refractivity contribution in [2.75, 3.05) is 0 Å². The number of nitrogens with zero attached hydrogens (tertiary/aromatic N) is 2. The fourth-order valence-corrected chi connectivity index (χ4v) is 2.25. The molecule has 76 valence electrons. The number of hydrogen-bond donors (Lipinski definition) is 1. The van der Waals surface area contributed by atoms with Crippen LogP contribution in [-0.4, -0.2) is 9.97 Å². The lowest BCUT2D eigenvalue weighted by Crippen LogP contribution is -2.23. The monoisotopic (exact) mass is 191 g/mol. The Kier molecular flexibility index (Phi) is 3.09. The molecule has 1 aliphatic rings. The van der Waals surface area contributed by atoms with Gasteiger partial charge in [-0.15, -0.1) is 0 Å². The summed E-state index contributed by atoms with van der Waals surface area (Å²) in [4.78, 5) is 8.02. The van der Waals surface area contributed by atoms with Gasteiger partial charge in [-0.05, 0) is 18.8 Å². The lowest BCUT2D eigenvalue weighted by Gasteiger charge is -2.27. The van der Waals surface area contributed by atoms with E-state index < -0.39 is 0 Å². The molecule has 2 N–H and O–H groups in total. The summed E-state index contributed by atoms with van der Waals surface area (Å²) in [5.74, 6) is 0.634. The number of aromatic nitrogens is 2. The Balaban J connectivity index is 2.03. The molecule has 1 unspecified atom stereocenters. The van der Waals surface area contributed by atoms with Crippen LogP contribution in [0, 0.1) is 5.92 Å². The normalized spacial score (nSPS) is 20.6. The van der Waals surface area contributed by atoms with Crippen molar-refractivity contribution >= 4 is 0 Å². The molecule has 1 aromatic heterocycles. The average Bonchev–Trinajstić information content (AvgIpc) is 2.30. The molecular formula is C11H17N3. The molecule has 1 saturated carbocycles. The van der Waals surface area contributed by atoms with Gasteiger partial charge >= 0.3 is 0 Å².